The van der Waals surface area contributed by atoms with Gasteiger partial charge in [0.2, 0.25) is 0 Å². The van der Waals surface area contributed by atoms with E-state index in [1.807, 2.05) is 30.3 Å². The summed E-state index contributed by atoms with van der Waals surface area (Å²) in [5, 5.41) is 11.4. The second kappa shape index (κ2) is 12.9. The summed E-state index contributed by atoms with van der Waals surface area (Å²) in [6.07, 6.45) is 3.58. The summed E-state index contributed by atoms with van der Waals surface area (Å²) < 4.78 is 11.2. The standard InChI is InChI=1S/C30H38N2O5/c1-3-5-18-37-25-9-6-8-24(21-25)28(33)26-27(23-12-10-22(4-2)11-13-23)32(30(35)29(26)34)15-7-14-31-16-19-36-20-17-31/h6,8-13,21,27,33H,3-5,7,14-20H2,1-2H3/b28-26+. The monoisotopic (exact) mass is 506 g/mol. The first-order valence-electron chi connectivity index (χ1n) is 13.4. The molecule has 37 heavy (non-hydrogen) atoms. The van der Waals surface area contributed by atoms with Crippen molar-refractivity contribution in [1.82, 2.24) is 9.80 Å². The zero-order valence-electron chi connectivity index (χ0n) is 21.9. The number of aryl methyl sites for hydroxylation is 1. The molecule has 2 aromatic carbocycles. The molecule has 2 heterocycles. The third-order valence-corrected chi connectivity index (χ3v) is 7.09. The summed E-state index contributed by atoms with van der Waals surface area (Å²) in [5.74, 6) is -0.755. The predicted molar refractivity (Wildman–Crippen MR) is 144 cm³/mol. The van der Waals surface area contributed by atoms with Gasteiger partial charge in [0.15, 0.2) is 0 Å². The topological polar surface area (TPSA) is 79.3 Å². The van der Waals surface area contributed by atoms with Gasteiger partial charge in [-0.05, 0) is 42.5 Å². The van der Waals surface area contributed by atoms with Crippen molar-refractivity contribution in [2.75, 3.05) is 46.0 Å². The van der Waals surface area contributed by atoms with E-state index in [2.05, 4.69) is 18.7 Å². The molecule has 0 spiro atoms. The van der Waals surface area contributed by atoms with E-state index in [9.17, 15) is 14.7 Å². The van der Waals surface area contributed by atoms with Crippen molar-refractivity contribution in [3.8, 4) is 5.75 Å². The quantitative estimate of drug-likeness (QED) is 0.208. The molecule has 2 aromatic rings. The fourth-order valence-electron chi connectivity index (χ4n) is 4.91. The number of carbonyl (C=O) groups is 2. The minimum Gasteiger partial charge on any atom is -0.507 e. The number of hydrogen-bond donors (Lipinski definition) is 1. The van der Waals surface area contributed by atoms with Crippen LogP contribution in [-0.4, -0.2) is 72.6 Å². The Morgan fingerprint density at radius 3 is 2.49 bits per heavy atom. The number of carbonyl (C=O) groups excluding carboxylic acids is 2. The lowest BCUT2D eigenvalue weighted by atomic mass is 9.94. The van der Waals surface area contributed by atoms with E-state index >= 15 is 0 Å². The molecule has 1 amide bonds. The van der Waals surface area contributed by atoms with Gasteiger partial charge in [-0.15, -0.1) is 0 Å². The van der Waals surface area contributed by atoms with E-state index in [0.29, 0.717) is 24.5 Å². The molecule has 1 N–H and O–H groups in total. The highest BCUT2D eigenvalue weighted by molar-refractivity contribution is 6.46. The van der Waals surface area contributed by atoms with Gasteiger partial charge in [0.25, 0.3) is 11.7 Å². The lowest BCUT2D eigenvalue weighted by Gasteiger charge is -2.29. The maximum atomic E-state index is 13.3. The fourth-order valence-corrected chi connectivity index (χ4v) is 4.91. The summed E-state index contributed by atoms with van der Waals surface area (Å²) in [5.41, 5.74) is 2.59. The highest BCUT2D eigenvalue weighted by atomic mass is 16.5. The number of likely N-dealkylation sites (tertiary alicyclic amines) is 1. The molecule has 0 radical (unpaired) electrons. The smallest absolute Gasteiger partial charge is 0.295 e. The minimum atomic E-state index is -0.647. The van der Waals surface area contributed by atoms with Crippen LogP contribution in [0.4, 0.5) is 0 Å². The average Bonchev–Trinajstić information content (AvgIpc) is 3.18. The van der Waals surface area contributed by atoms with E-state index in [1.165, 1.54) is 5.56 Å². The summed E-state index contributed by atoms with van der Waals surface area (Å²) in [6, 6.07) is 14.4. The molecule has 2 aliphatic heterocycles. The number of ether oxygens (including phenoxy) is 2. The van der Waals surface area contributed by atoms with Crippen molar-refractivity contribution >= 4 is 17.4 Å². The Bertz CT molecular complexity index is 1110. The molecule has 7 nitrogen and oxygen atoms in total. The first-order valence-corrected chi connectivity index (χ1v) is 13.4. The molecule has 1 unspecified atom stereocenters. The number of ketones is 1. The zero-order chi connectivity index (χ0) is 26.2. The van der Waals surface area contributed by atoms with Crippen molar-refractivity contribution in [2.45, 2.75) is 45.6 Å². The van der Waals surface area contributed by atoms with Crippen LogP contribution in [0.5, 0.6) is 5.75 Å². The van der Waals surface area contributed by atoms with Crippen molar-refractivity contribution in [3.05, 3.63) is 70.8 Å². The van der Waals surface area contributed by atoms with Crippen LogP contribution < -0.4 is 4.74 Å². The Kier molecular flexibility index (Phi) is 9.36. The second-order valence-corrected chi connectivity index (χ2v) is 9.63. The van der Waals surface area contributed by atoms with Gasteiger partial charge in [0, 0.05) is 31.7 Å². The van der Waals surface area contributed by atoms with E-state index < -0.39 is 17.7 Å². The first-order chi connectivity index (χ1) is 18.0. The van der Waals surface area contributed by atoms with Crippen LogP contribution in [0.2, 0.25) is 0 Å². The Morgan fingerprint density at radius 1 is 1.03 bits per heavy atom. The van der Waals surface area contributed by atoms with Crippen LogP contribution in [0.15, 0.2) is 54.1 Å². The molecule has 0 aromatic heterocycles. The Balaban J connectivity index is 1.65. The maximum Gasteiger partial charge on any atom is 0.295 e. The summed E-state index contributed by atoms with van der Waals surface area (Å²) in [6.45, 7) is 9.20. The molecule has 0 bridgehead atoms. The molecular formula is C30H38N2O5. The van der Waals surface area contributed by atoms with E-state index in [-0.39, 0.29) is 11.3 Å². The fraction of sp³-hybridized carbons (Fsp3) is 0.467. The number of unbranched alkanes of at least 4 members (excludes halogenated alkanes) is 1. The summed E-state index contributed by atoms with van der Waals surface area (Å²) in [4.78, 5) is 30.5. The largest absolute Gasteiger partial charge is 0.507 e. The van der Waals surface area contributed by atoms with Crippen LogP contribution in [0.25, 0.3) is 5.76 Å². The van der Waals surface area contributed by atoms with Gasteiger partial charge in [-0.2, -0.15) is 0 Å². The van der Waals surface area contributed by atoms with Crippen LogP contribution in [-0.2, 0) is 20.7 Å². The van der Waals surface area contributed by atoms with Gasteiger partial charge in [-0.1, -0.05) is 56.7 Å². The molecule has 1 atom stereocenters. The van der Waals surface area contributed by atoms with Gasteiger partial charge in [-0.3, -0.25) is 14.5 Å². The van der Waals surface area contributed by atoms with Gasteiger partial charge < -0.3 is 19.5 Å². The normalized spacial score (nSPS) is 19.9. The Hall–Kier alpha value is -3.16. The minimum absolute atomic E-state index is 0.131. The van der Waals surface area contributed by atoms with Gasteiger partial charge in [-0.25, -0.2) is 0 Å². The molecule has 2 saturated heterocycles. The van der Waals surface area contributed by atoms with Crippen molar-refractivity contribution < 1.29 is 24.2 Å². The molecule has 2 fully saturated rings. The second-order valence-electron chi connectivity index (χ2n) is 9.63. The SMILES string of the molecule is CCCCOc1cccc(/C(O)=C2\C(=O)C(=O)N(CCCN3CCOCC3)C2c2ccc(CC)cc2)c1. The number of nitrogens with zero attached hydrogens (tertiary/aromatic N) is 2. The lowest BCUT2D eigenvalue weighted by molar-refractivity contribution is -0.140. The number of morpholine rings is 1. The molecule has 4 rings (SSSR count). The Morgan fingerprint density at radius 2 is 1.78 bits per heavy atom. The molecule has 7 heteroatoms. The third kappa shape index (κ3) is 6.40. The lowest BCUT2D eigenvalue weighted by Crippen LogP contribution is -2.38. The van der Waals surface area contributed by atoms with Crippen LogP contribution >= 0.6 is 0 Å². The predicted octanol–water partition coefficient (Wildman–Crippen LogP) is 4.57. The molecular weight excluding hydrogens is 468 g/mol. The number of benzene rings is 2. The van der Waals surface area contributed by atoms with Crippen molar-refractivity contribution in [2.24, 2.45) is 0 Å². The molecule has 0 aliphatic carbocycles. The van der Waals surface area contributed by atoms with E-state index in [4.69, 9.17) is 9.47 Å². The van der Waals surface area contributed by atoms with Crippen LogP contribution in [0.1, 0.15) is 55.8 Å². The van der Waals surface area contributed by atoms with E-state index in [0.717, 1.165) is 64.1 Å². The van der Waals surface area contributed by atoms with Crippen LogP contribution in [0, 0.1) is 0 Å². The van der Waals surface area contributed by atoms with Gasteiger partial charge in [0.1, 0.15) is 11.5 Å². The number of Topliss-reactive ketones (excluding diaryl/α,β-unsaturated/α-hetero) is 1. The van der Waals surface area contributed by atoms with E-state index in [1.54, 1.807) is 23.1 Å². The van der Waals surface area contributed by atoms with Gasteiger partial charge >= 0.3 is 0 Å². The number of aliphatic hydroxyl groups excluding tert-OH is 1. The van der Waals surface area contributed by atoms with Crippen molar-refractivity contribution in [1.29, 1.82) is 0 Å². The Labute approximate surface area is 219 Å². The maximum absolute atomic E-state index is 13.3. The number of rotatable bonds is 11. The highest BCUT2D eigenvalue weighted by Crippen LogP contribution is 2.40. The van der Waals surface area contributed by atoms with Gasteiger partial charge in [0.05, 0.1) is 31.4 Å². The molecule has 2 aliphatic rings. The summed E-state index contributed by atoms with van der Waals surface area (Å²) >= 11 is 0. The molecule has 0 saturated carbocycles. The first kappa shape index (κ1) is 26.9. The number of aliphatic hydroxyl groups is 1. The highest BCUT2D eigenvalue weighted by Gasteiger charge is 2.45. The summed E-state index contributed by atoms with van der Waals surface area (Å²) in [7, 11) is 0. The average molecular weight is 507 g/mol. The number of hydrogen-bond acceptors (Lipinski definition) is 6. The molecule has 198 valence electrons. The number of amides is 1. The van der Waals surface area contributed by atoms with Crippen molar-refractivity contribution in [3.63, 3.8) is 0 Å². The third-order valence-electron chi connectivity index (χ3n) is 7.09. The zero-order valence-corrected chi connectivity index (χ0v) is 21.9. The van der Waals surface area contributed by atoms with Crippen LogP contribution in [0.3, 0.4) is 0 Å².